The van der Waals surface area contributed by atoms with Gasteiger partial charge in [0.1, 0.15) is 11.7 Å². The van der Waals surface area contributed by atoms with Gasteiger partial charge in [-0.05, 0) is 24.3 Å². The van der Waals surface area contributed by atoms with Gasteiger partial charge >= 0.3 is 0 Å². The third-order valence-corrected chi connectivity index (χ3v) is 3.18. The molecule has 0 aliphatic carbocycles. The molecule has 0 atom stereocenters. The average Bonchev–Trinajstić information content (AvgIpc) is 2.49. The van der Waals surface area contributed by atoms with Crippen molar-refractivity contribution >= 4 is 17.2 Å². The Morgan fingerprint density at radius 2 is 1.70 bits per heavy atom. The molecule has 0 saturated carbocycles. The third-order valence-electron chi connectivity index (χ3n) is 3.18. The lowest BCUT2D eigenvalue weighted by Gasteiger charge is -2.29. The molecule has 2 aromatic carbocycles. The number of anilines is 1. The van der Waals surface area contributed by atoms with Crippen LogP contribution in [0.1, 0.15) is 5.56 Å². The maximum Gasteiger partial charge on any atom is 0.132 e. The summed E-state index contributed by atoms with van der Waals surface area (Å²) in [4.78, 5) is 6.09. The van der Waals surface area contributed by atoms with Gasteiger partial charge in [0.2, 0.25) is 0 Å². The monoisotopic (exact) mass is 267 g/mol. The van der Waals surface area contributed by atoms with Gasteiger partial charge in [-0.15, -0.1) is 0 Å². The van der Waals surface area contributed by atoms with Gasteiger partial charge < -0.3 is 10.6 Å². The van der Waals surface area contributed by atoms with Gasteiger partial charge in [0.25, 0.3) is 0 Å². The minimum atomic E-state index is -0.268. The van der Waals surface area contributed by atoms with Gasteiger partial charge in [-0.3, -0.25) is 0 Å². The molecule has 0 radical (unpaired) electrons. The van der Waals surface area contributed by atoms with Gasteiger partial charge in [-0.1, -0.05) is 30.3 Å². The maximum atomic E-state index is 14.0. The Bertz CT molecular complexity index is 677. The number of rotatable bonds is 2. The van der Waals surface area contributed by atoms with E-state index in [1.807, 2.05) is 41.3 Å². The van der Waals surface area contributed by atoms with Crippen molar-refractivity contribution in [3.63, 3.8) is 0 Å². The Kier molecular flexibility index (Phi) is 3.21. The molecule has 0 aromatic heterocycles. The van der Waals surface area contributed by atoms with E-state index in [0.717, 1.165) is 5.69 Å². The van der Waals surface area contributed by atoms with Crippen molar-refractivity contribution in [2.45, 2.75) is 0 Å². The SMILES string of the molecule is NC1=NC=C(c2ccccc2F)N(c2ccccc2)C1. The van der Waals surface area contributed by atoms with Crippen LogP contribution in [0.4, 0.5) is 10.1 Å². The van der Waals surface area contributed by atoms with Crippen LogP contribution >= 0.6 is 0 Å². The van der Waals surface area contributed by atoms with E-state index in [9.17, 15) is 4.39 Å². The largest absolute Gasteiger partial charge is 0.386 e. The summed E-state index contributed by atoms with van der Waals surface area (Å²) >= 11 is 0. The maximum absolute atomic E-state index is 14.0. The van der Waals surface area contributed by atoms with Crippen molar-refractivity contribution in [3.8, 4) is 0 Å². The topological polar surface area (TPSA) is 41.6 Å². The zero-order valence-corrected chi connectivity index (χ0v) is 10.8. The second-order valence-corrected chi connectivity index (χ2v) is 4.54. The summed E-state index contributed by atoms with van der Waals surface area (Å²) in [6.45, 7) is 0.449. The van der Waals surface area contributed by atoms with E-state index < -0.39 is 0 Å². The van der Waals surface area contributed by atoms with Crippen LogP contribution in [-0.2, 0) is 0 Å². The van der Waals surface area contributed by atoms with E-state index in [4.69, 9.17) is 5.73 Å². The summed E-state index contributed by atoms with van der Waals surface area (Å²) < 4.78 is 14.0. The van der Waals surface area contributed by atoms with Crippen molar-refractivity contribution in [1.82, 2.24) is 0 Å². The number of nitrogens with zero attached hydrogens (tertiary/aromatic N) is 2. The molecule has 3 rings (SSSR count). The number of amidine groups is 1. The molecule has 3 nitrogen and oxygen atoms in total. The highest BCUT2D eigenvalue weighted by atomic mass is 19.1. The lowest BCUT2D eigenvalue weighted by atomic mass is 10.1. The van der Waals surface area contributed by atoms with Crippen molar-refractivity contribution in [2.24, 2.45) is 10.7 Å². The Morgan fingerprint density at radius 3 is 2.45 bits per heavy atom. The minimum Gasteiger partial charge on any atom is -0.386 e. The molecule has 1 aliphatic rings. The van der Waals surface area contributed by atoms with E-state index in [2.05, 4.69) is 4.99 Å². The number of hydrogen-bond acceptors (Lipinski definition) is 3. The van der Waals surface area contributed by atoms with Crippen molar-refractivity contribution in [2.75, 3.05) is 11.4 Å². The standard InChI is InChI=1S/C16H14FN3/c17-14-9-5-4-8-13(14)15-10-19-16(18)11-20(15)12-6-2-1-3-7-12/h1-10H,11H2,(H2,18,19). The van der Waals surface area contributed by atoms with Crippen LogP contribution in [0.15, 0.2) is 65.8 Å². The first-order chi connectivity index (χ1) is 9.75. The van der Waals surface area contributed by atoms with Crippen molar-refractivity contribution < 1.29 is 4.39 Å². The first kappa shape index (κ1) is 12.4. The molecule has 1 heterocycles. The second kappa shape index (κ2) is 5.17. The van der Waals surface area contributed by atoms with Crippen LogP contribution in [0.2, 0.25) is 0 Å². The Labute approximate surface area is 116 Å². The van der Waals surface area contributed by atoms with E-state index >= 15 is 0 Å². The molecule has 2 N–H and O–H groups in total. The molecule has 2 aromatic rings. The fourth-order valence-electron chi connectivity index (χ4n) is 2.22. The Hall–Kier alpha value is -2.62. The number of aliphatic imine (C=N–C) groups is 1. The van der Waals surface area contributed by atoms with Gasteiger partial charge in [-0.2, -0.15) is 0 Å². The van der Waals surface area contributed by atoms with Crippen LogP contribution in [0.3, 0.4) is 0 Å². The number of para-hydroxylation sites is 1. The molecular formula is C16H14FN3. The van der Waals surface area contributed by atoms with Crippen LogP contribution in [-0.4, -0.2) is 12.4 Å². The molecular weight excluding hydrogens is 253 g/mol. The van der Waals surface area contributed by atoms with Crippen LogP contribution in [0.25, 0.3) is 5.70 Å². The smallest absolute Gasteiger partial charge is 0.132 e. The van der Waals surface area contributed by atoms with Crippen molar-refractivity contribution in [3.05, 3.63) is 72.2 Å². The molecule has 0 fully saturated rings. The molecule has 0 unspecified atom stereocenters. The lowest BCUT2D eigenvalue weighted by molar-refractivity contribution is 0.623. The highest BCUT2D eigenvalue weighted by molar-refractivity contribution is 5.95. The third kappa shape index (κ3) is 2.28. The van der Waals surface area contributed by atoms with E-state index in [1.165, 1.54) is 6.07 Å². The zero-order chi connectivity index (χ0) is 13.9. The summed E-state index contributed by atoms with van der Waals surface area (Å²) in [5, 5.41) is 0. The predicted molar refractivity (Wildman–Crippen MR) is 79.8 cm³/mol. The summed E-state index contributed by atoms with van der Waals surface area (Å²) in [5.74, 6) is 0.240. The van der Waals surface area contributed by atoms with Gasteiger partial charge in [0.15, 0.2) is 0 Å². The zero-order valence-electron chi connectivity index (χ0n) is 10.8. The average molecular weight is 267 g/mol. The van der Waals surface area contributed by atoms with Crippen LogP contribution < -0.4 is 10.6 Å². The fourth-order valence-corrected chi connectivity index (χ4v) is 2.22. The minimum absolute atomic E-state index is 0.268. The molecule has 0 amide bonds. The second-order valence-electron chi connectivity index (χ2n) is 4.54. The highest BCUT2D eigenvalue weighted by Crippen LogP contribution is 2.29. The van der Waals surface area contributed by atoms with Crippen LogP contribution in [0.5, 0.6) is 0 Å². The molecule has 100 valence electrons. The normalized spacial score (nSPS) is 14.8. The summed E-state index contributed by atoms with van der Waals surface area (Å²) in [7, 11) is 0. The Balaban J connectivity index is 2.08. The molecule has 4 heteroatoms. The highest BCUT2D eigenvalue weighted by Gasteiger charge is 2.20. The first-order valence-corrected chi connectivity index (χ1v) is 6.35. The van der Waals surface area contributed by atoms with E-state index in [-0.39, 0.29) is 5.82 Å². The van der Waals surface area contributed by atoms with Crippen LogP contribution in [0, 0.1) is 5.82 Å². The molecule has 0 saturated heterocycles. The van der Waals surface area contributed by atoms with Crippen molar-refractivity contribution in [1.29, 1.82) is 0 Å². The number of benzene rings is 2. The quantitative estimate of drug-likeness (QED) is 0.908. The summed E-state index contributed by atoms with van der Waals surface area (Å²) in [6, 6.07) is 16.4. The summed E-state index contributed by atoms with van der Waals surface area (Å²) in [6.07, 6.45) is 1.62. The Morgan fingerprint density at radius 1 is 1.00 bits per heavy atom. The van der Waals surface area contributed by atoms with E-state index in [1.54, 1.807) is 18.3 Å². The van der Waals surface area contributed by atoms with E-state index in [0.29, 0.717) is 23.6 Å². The van der Waals surface area contributed by atoms with Gasteiger partial charge in [0.05, 0.1) is 18.4 Å². The summed E-state index contributed by atoms with van der Waals surface area (Å²) in [5.41, 5.74) is 8.00. The molecule has 0 spiro atoms. The number of hydrogen-bond donors (Lipinski definition) is 1. The lowest BCUT2D eigenvalue weighted by Crippen LogP contribution is -2.35. The first-order valence-electron chi connectivity index (χ1n) is 6.35. The van der Waals surface area contributed by atoms with Gasteiger partial charge in [0, 0.05) is 11.3 Å². The van der Waals surface area contributed by atoms with Gasteiger partial charge in [-0.25, -0.2) is 9.38 Å². The number of nitrogens with two attached hydrogens (primary N) is 1. The molecule has 0 bridgehead atoms. The molecule has 1 aliphatic heterocycles. The fraction of sp³-hybridized carbons (Fsp3) is 0.0625. The molecule has 20 heavy (non-hydrogen) atoms. The number of halogens is 1. The predicted octanol–water partition coefficient (Wildman–Crippen LogP) is 3.00.